The van der Waals surface area contributed by atoms with E-state index >= 15 is 0 Å². The van der Waals surface area contributed by atoms with E-state index in [0.29, 0.717) is 0 Å². The van der Waals surface area contributed by atoms with Gasteiger partial charge in [0, 0.05) is 40.9 Å². The minimum atomic E-state index is -0.0187. The molecule has 6 aromatic rings. The Labute approximate surface area is 320 Å². The quantitative estimate of drug-likeness (QED) is 0.140. The van der Waals surface area contributed by atoms with Crippen molar-refractivity contribution in [2.24, 2.45) is 0 Å². The number of nitrogens with zero attached hydrogens (tertiary/aromatic N) is 2. The normalized spacial score (nSPS) is 13.0. The Hall–Kier alpha value is -5.08. The molecule has 6 rings (SSSR count). The molecule has 0 N–H and O–H groups in total. The van der Waals surface area contributed by atoms with Crippen molar-refractivity contribution in [1.29, 1.82) is 0 Å². The smallest absolute Gasteiger partial charge is 0.0463 e. The molecule has 0 aliphatic heterocycles. The van der Waals surface area contributed by atoms with Crippen LogP contribution in [0.4, 0.5) is 28.4 Å². The number of aryl methyl sites for hydroxylation is 1. The highest BCUT2D eigenvalue weighted by atomic mass is 15.1. The van der Waals surface area contributed by atoms with Gasteiger partial charge in [0.1, 0.15) is 0 Å². The molecular weight excluding hydrogens is 641 g/mol. The molecule has 0 fully saturated rings. The van der Waals surface area contributed by atoms with Crippen molar-refractivity contribution in [3.8, 4) is 11.1 Å². The van der Waals surface area contributed by atoms with Gasteiger partial charge in [0.2, 0.25) is 0 Å². The average Bonchev–Trinajstić information content (AvgIpc) is 3.15. The Balaban J connectivity index is 1.30. The molecule has 0 radical (unpaired) electrons. The van der Waals surface area contributed by atoms with Crippen molar-refractivity contribution < 1.29 is 0 Å². The molecule has 2 heteroatoms. The molecule has 0 saturated carbocycles. The Morgan fingerprint density at radius 2 is 0.698 bits per heavy atom. The van der Waals surface area contributed by atoms with Gasteiger partial charge in [-0.05, 0) is 118 Å². The Morgan fingerprint density at radius 3 is 1.09 bits per heavy atom. The summed E-state index contributed by atoms with van der Waals surface area (Å²) >= 11 is 0. The standard InChI is InChI=1S/C51H58N2/c1-11-36-51(9,42-18-12-37(2)13-19-42)43-20-14-38(15-21-43)39-16-26-46(27-17-39)53(47-30-24-41(25-31-47)50(6,7)8)48-34-32-45(33-35-48)52(10)44-28-22-40(23-29-44)49(3,4)5/h12-35H,11,36H2,1-10H3. The van der Waals surface area contributed by atoms with Gasteiger partial charge in [0.05, 0.1) is 0 Å². The van der Waals surface area contributed by atoms with Gasteiger partial charge in [-0.3, -0.25) is 0 Å². The molecule has 0 spiro atoms. The Bertz CT molecular complexity index is 2070. The fraction of sp³-hybridized carbons (Fsp3) is 0.294. The summed E-state index contributed by atoms with van der Waals surface area (Å²) in [6.45, 7) is 20.4. The molecule has 0 amide bonds. The van der Waals surface area contributed by atoms with E-state index in [2.05, 4.69) is 225 Å². The minimum Gasteiger partial charge on any atom is -0.345 e. The second kappa shape index (κ2) is 15.1. The van der Waals surface area contributed by atoms with Crippen LogP contribution in [0.3, 0.4) is 0 Å². The predicted octanol–water partition coefficient (Wildman–Crippen LogP) is 14.6. The zero-order chi connectivity index (χ0) is 38.0. The van der Waals surface area contributed by atoms with Gasteiger partial charge < -0.3 is 9.80 Å². The molecule has 6 aromatic carbocycles. The molecule has 0 aromatic heterocycles. The highest BCUT2D eigenvalue weighted by Crippen LogP contribution is 2.40. The maximum absolute atomic E-state index is 2.39. The van der Waals surface area contributed by atoms with Gasteiger partial charge in [-0.1, -0.05) is 152 Å². The molecule has 53 heavy (non-hydrogen) atoms. The molecule has 2 nitrogen and oxygen atoms in total. The van der Waals surface area contributed by atoms with E-state index in [9.17, 15) is 0 Å². The first-order valence-corrected chi connectivity index (χ1v) is 19.3. The van der Waals surface area contributed by atoms with E-state index in [1.807, 2.05) is 0 Å². The van der Waals surface area contributed by atoms with Crippen LogP contribution in [0.5, 0.6) is 0 Å². The van der Waals surface area contributed by atoms with Crippen molar-refractivity contribution in [3.05, 3.63) is 173 Å². The van der Waals surface area contributed by atoms with Crippen molar-refractivity contribution >= 4 is 28.4 Å². The van der Waals surface area contributed by atoms with Crippen molar-refractivity contribution in [3.63, 3.8) is 0 Å². The fourth-order valence-corrected chi connectivity index (χ4v) is 7.43. The summed E-state index contributed by atoms with van der Waals surface area (Å²) in [4.78, 5) is 4.61. The largest absolute Gasteiger partial charge is 0.345 e. The first kappa shape index (κ1) is 37.7. The monoisotopic (exact) mass is 698 g/mol. The lowest BCUT2D eigenvalue weighted by Gasteiger charge is -2.31. The van der Waals surface area contributed by atoms with Crippen LogP contribution in [0.15, 0.2) is 146 Å². The van der Waals surface area contributed by atoms with Gasteiger partial charge in [-0.15, -0.1) is 0 Å². The fourth-order valence-electron chi connectivity index (χ4n) is 7.43. The molecule has 1 atom stereocenters. The summed E-state index contributed by atoms with van der Waals surface area (Å²) in [5.74, 6) is 0. The molecular formula is C51H58N2. The van der Waals surface area contributed by atoms with Crippen LogP contribution < -0.4 is 9.80 Å². The molecule has 1 unspecified atom stereocenters. The number of benzene rings is 6. The summed E-state index contributed by atoms with van der Waals surface area (Å²) in [5.41, 5.74) is 15.1. The van der Waals surface area contributed by atoms with Crippen LogP contribution in [0.1, 0.15) is 96.0 Å². The molecule has 0 heterocycles. The lowest BCUT2D eigenvalue weighted by Crippen LogP contribution is -2.23. The summed E-state index contributed by atoms with van der Waals surface area (Å²) in [6, 6.07) is 54.3. The van der Waals surface area contributed by atoms with Crippen LogP contribution in [0, 0.1) is 6.92 Å². The number of rotatable bonds is 10. The number of hydrogen-bond donors (Lipinski definition) is 0. The lowest BCUT2D eigenvalue weighted by atomic mass is 9.73. The minimum absolute atomic E-state index is 0.0187. The van der Waals surface area contributed by atoms with E-state index in [-0.39, 0.29) is 16.2 Å². The Morgan fingerprint density at radius 1 is 0.396 bits per heavy atom. The molecule has 272 valence electrons. The zero-order valence-corrected chi connectivity index (χ0v) is 33.7. The van der Waals surface area contributed by atoms with E-state index in [1.54, 1.807) is 0 Å². The summed E-state index contributed by atoms with van der Waals surface area (Å²) in [7, 11) is 2.14. The molecule has 0 saturated heterocycles. The van der Waals surface area contributed by atoms with E-state index in [1.165, 1.54) is 44.6 Å². The van der Waals surface area contributed by atoms with Crippen molar-refractivity contribution in [1.82, 2.24) is 0 Å². The second-order valence-corrected chi connectivity index (χ2v) is 17.1. The van der Waals surface area contributed by atoms with Gasteiger partial charge in [-0.25, -0.2) is 0 Å². The van der Waals surface area contributed by atoms with Crippen LogP contribution in [-0.4, -0.2) is 7.05 Å². The van der Waals surface area contributed by atoms with Crippen LogP contribution in [-0.2, 0) is 16.2 Å². The number of hydrogen-bond acceptors (Lipinski definition) is 2. The highest BCUT2D eigenvalue weighted by molar-refractivity contribution is 5.80. The SMILES string of the molecule is CCCC(C)(c1ccc(C)cc1)c1ccc(-c2ccc(N(c3ccc(N(C)c4ccc(C(C)(C)C)cc4)cc3)c3ccc(C(C)(C)C)cc3)cc2)cc1. The first-order valence-electron chi connectivity index (χ1n) is 19.3. The highest BCUT2D eigenvalue weighted by Gasteiger charge is 2.28. The average molecular weight is 699 g/mol. The van der Waals surface area contributed by atoms with Gasteiger partial charge in [-0.2, -0.15) is 0 Å². The summed E-state index contributed by atoms with van der Waals surface area (Å²) < 4.78 is 0. The van der Waals surface area contributed by atoms with E-state index < -0.39 is 0 Å². The van der Waals surface area contributed by atoms with E-state index in [4.69, 9.17) is 0 Å². The van der Waals surface area contributed by atoms with Crippen molar-refractivity contribution in [2.75, 3.05) is 16.8 Å². The molecule has 0 bridgehead atoms. The third-order valence-corrected chi connectivity index (χ3v) is 11.0. The first-order chi connectivity index (χ1) is 25.2. The van der Waals surface area contributed by atoms with Crippen LogP contribution >= 0.6 is 0 Å². The van der Waals surface area contributed by atoms with E-state index in [0.717, 1.165) is 35.6 Å². The van der Waals surface area contributed by atoms with Gasteiger partial charge in [0.25, 0.3) is 0 Å². The summed E-state index contributed by atoms with van der Waals surface area (Å²) in [5, 5.41) is 0. The topological polar surface area (TPSA) is 6.48 Å². The predicted molar refractivity (Wildman–Crippen MR) is 231 cm³/mol. The third kappa shape index (κ3) is 8.28. The molecule has 0 aliphatic rings. The molecule has 0 aliphatic carbocycles. The maximum atomic E-state index is 2.39. The summed E-state index contributed by atoms with van der Waals surface area (Å²) in [6.07, 6.45) is 2.24. The van der Waals surface area contributed by atoms with Crippen LogP contribution in [0.25, 0.3) is 11.1 Å². The second-order valence-electron chi connectivity index (χ2n) is 17.1. The van der Waals surface area contributed by atoms with Gasteiger partial charge >= 0.3 is 0 Å². The van der Waals surface area contributed by atoms with Crippen molar-refractivity contribution in [2.45, 2.75) is 91.4 Å². The lowest BCUT2D eigenvalue weighted by molar-refractivity contribution is 0.512. The maximum Gasteiger partial charge on any atom is 0.0463 e. The third-order valence-electron chi connectivity index (χ3n) is 11.0. The van der Waals surface area contributed by atoms with Crippen LogP contribution in [0.2, 0.25) is 0 Å². The Kier molecular flexibility index (Phi) is 10.7. The van der Waals surface area contributed by atoms with Gasteiger partial charge in [0.15, 0.2) is 0 Å². The number of anilines is 5. The zero-order valence-electron chi connectivity index (χ0n) is 33.7.